The molecule has 0 amide bonds. The fourth-order valence-corrected chi connectivity index (χ4v) is 2.30. The monoisotopic (exact) mass is 201 g/mol. The van der Waals surface area contributed by atoms with Gasteiger partial charge in [0.05, 0.1) is 6.61 Å². The lowest BCUT2D eigenvalue weighted by Crippen LogP contribution is -2.23. The van der Waals surface area contributed by atoms with Crippen molar-refractivity contribution in [3.63, 3.8) is 0 Å². The zero-order valence-corrected chi connectivity index (χ0v) is 9.69. The molecule has 13 heavy (non-hydrogen) atoms. The average Bonchev–Trinajstić information content (AvgIpc) is 2.47. The van der Waals surface area contributed by atoms with Crippen LogP contribution in [0.5, 0.6) is 0 Å². The van der Waals surface area contributed by atoms with Gasteiger partial charge in [-0.3, -0.25) is 4.67 Å². The van der Waals surface area contributed by atoms with E-state index in [-0.39, 0.29) is 12.0 Å². The fraction of sp³-hybridized carbons (Fsp3) is 0.800. The number of aliphatic hydroxyl groups excluding tert-OH is 1. The van der Waals surface area contributed by atoms with E-state index in [0.717, 1.165) is 13.0 Å². The van der Waals surface area contributed by atoms with Crippen molar-refractivity contribution in [3.8, 4) is 0 Å². The molecule has 3 atom stereocenters. The van der Waals surface area contributed by atoms with Gasteiger partial charge < -0.3 is 5.11 Å². The SMILES string of the molecule is C=CC(C)(C)C1C[C@H](CO)N(P)C1. The Morgan fingerprint density at radius 2 is 2.31 bits per heavy atom. The molecule has 1 rings (SSSR count). The Kier molecular flexibility index (Phi) is 3.50. The van der Waals surface area contributed by atoms with Crippen molar-refractivity contribution in [2.45, 2.75) is 26.3 Å². The Hall–Kier alpha value is 0.0900. The summed E-state index contributed by atoms with van der Waals surface area (Å²) >= 11 is 0. The number of aliphatic hydroxyl groups is 1. The highest BCUT2D eigenvalue weighted by Crippen LogP contribution is 2.38. The van der Waals surface area contributed by atoms with Gasteiger partial charge >= 0.3 is 0 Å². The van der Waals surface area contributed by atoms with Crippen LogP contribution in [0.1, 0.15) is 20.3 Å². The second-order valence-corrected chi connectivity index (χ2v) is 5.15. The highest BCUT2D eigenvalue weighted by molar-refractivity contribution is 7.13. The zero-order valence-electron chi connectivity index (χ0n) is 8.53. The predicted molar refractivity (Wildman–Crippen MR) is 59.4 cm³/mol. The van der Waals surface area contributed by atoms with Gasteiger partial charge in [0.25, 0.3) is 0 Å². The standard InChI is InChI=1S/C10H20NOP/c1-4-10(2,3)8-5-9(7-12)11(13)6-8/h4,8-9,12H,1,5-7,13H2,2-3H3/t8?,9-/m1/s1. The molecule has 1 aliphatic rings. The molecule has 1 saturated heterocycles. The molecule has 2 unspecified atom stereocenters. The van der Waals surface area contributed by atoms with Gasteiger partial charge in [0.2, 0.25) is 0 Å². The summed E-state index contributed by atoms with van der Waals surface area (Å²) in [6.07, 6.45) is 3.09. The maximum Gasteiger partial charge on any atom is 0.0590 e. The van der Waals surface area contributed by atoms with Crippen LogP contribution in [-0.4, -0.2) is 29.0 Å². The summed E-state index contributed by atoms with van der Waals surface area (Å²) < 4.78 is 2.16. The molecular weight excluding hydrogens is 181 g/mol. The van der Waals surface area contributed by atoms with Crippen molar-refractivity contribution in [2.75, 3.05) is 13.2 Å². The first kappa shape index (κ1) is 11.2. The second-order valence-electron chi connectivity index (χ2n) is 4.49. The van der Waals surface area contributed by atoms with E-state index < -0.39 is 0 Å². The highest BCUT2D eigenvalue weighted by atomic mass is 31.0. The molecule has 3 heteroatoms. The predicted octanol–water partition coefficient (Wildman–Crippen LogP) is 1.67. The minimum atomic E-state index is 0.179. The summed E-state index contributed by atoms with van der Waals surface area (Å²) in [7, 11) is 2.70. The van der Waals surface area contributed by atoms with E-state index in [1.165, 1.54) is 0 Å². The molecular formula is C10H20NOP. The number of nitrogens with zero attached hydrogens (tertiary/aromatic N) is 1. The van der Waals surface area contributed by atoms with Crippen molar-refractivity contribution >= 4 is 9.39 Å². The van der Waals surface area contributed by atoms with E-state index in [0.29, 0.717) is 12.0 Å². The molecule has 0 aromatic carbocycles. The molecule has 0 aromatic heterocycles. The Bertz CT molecular complexity index is 193. The average molecular weight is 201 g/mol. The molecule has 1 fully saturated rings. The zero-order chi connectivity index (χ0) is 10.1. The minimum absolute atomic E-state index is 0.179. The summed E-state index contributed by atoms with van der Waals surface area (Å²) in [6.45, 7) is 9.58. The van der Waals surface area contributed by atoms with Gasteiger partial charge in [-0.25, -0.2) is 0 Å². The first-order valence-electron chi connectivity index (χ1n) is 4.77. The van der Waals surface area contributed by atoms with Crippen molar-refractivity contribution in [3.05, 3.63) is 12.7 Å². The molecule has 1 aliphatic heterocycles. The van der Waals surface area contributed by atoms with E-state index in [1.54, 1.807) is 0 Å². The quantitative estimate of drug-likeness (QED) is 0.554. The normalized spacial score (nSPS) is 30.8. The third-order valence-corrected chi connectivity index (χ3v) is 3.88. The van der Waals surface area contributed by atoms with E-state index >= 15 is 0 Å². The van der Waals surface area contributed by atoms with Crippen LogP contribution < -0.4 is 0 Å². The van der Waals surface area contributed by atoms with E-state index in [9.17, 15) is 0 Å². The Morgan fingerprint density at radius 3 is 2.69 bits per heavy atom. The van der Waals surface area contributed by atoms with Crippen LogP contribution in [0.2, 0.25) is 0 Å². The highest BCUT2D eigenvalue weighted by Gasteiger charge is 2.36. The first-order valence-corrected chi connectivity index (χ1v) is 5.28. The maximum atomic E-state index is 9.11. The number of hydrogen-bond acceptors (Lipinski definition) is 2. The smallest absolute Gasteiger partial charge is 0.0590 e. The molecule has 0 bridgehead atoms. The van der Waals surface area contributed by atoms with Crippen LogP contribution in [0, 0.1) is 11.3 Å². The minimum Gasteiger partial charge on any atom is -0.395 e. The van der Waals surface area contributed by atoms with Crippen molar-refractivity contribution in [2.24, 2.45) is 11.3 Å². The molecule has 76 valence electrons. The van der Waals surface area contributed by atoms with Gasteiger partial charge in [-0.15, -0.1) is 6.58 Å². The van der Waals surface area contributed by atoms with Crippen LogP contribution in [0.4, 0.5) is 0 Å². The van der Waals surface area contributed by atoms with Gasteiger partial charge in [-0.05, 0) is 17.8 Å². The molecule has 0 spiro atoms. The van der Waals surface area contributed by atoms with Crippen LogP contribution >= 0.6 is 9.39 Å². The van der Waals surface area contributed by atoms with Crippen LogP contribution in [0.25, 0.3) is 0 Å². The van der Waals surface area contributed by atoms with Gasteiger partial charge in [-0.2, -0.15) is 0 Å². The van der Waals surface area contributed by atoms with Crippen molar-refractivity contribution in [1.82, 2.24) is 4.67 Å². The topological polar surface area (TPSA) is 23.5 Å². The summed E-state index contributed by atoms with van der Waals surface area (Å²) in [6, 6.07) is 0.314. The van der Waals surface area contributed by atoms with Crippen molar-refractivity contribution < 1.29 is 5.11 Å². The van der Waals surface area contributed by atoms with E-state index in [4.69, 9.17) is 5.11 Å². The molecule has 0 aromatic rings. The Morgan fingerprint density at radius 1 is 1.69 bits per heavy atom. The van der Waals surface area contributed by atoms with E-state index in [1.807, 2.05) is 6.08 Å². The lowest BCUT2D eigenvalue weighted by Gasteiger charge is -2.27. The number of hydrogen-bond donors (Lipinski definition) is 1. The fourth-order valence-electron chi connectivity index (χ4n) is 1.83. The molecule has 0 saturated carbocycles. The number of rotatable bonds is 3. The molecule has 2 nitrogen and oxygen atoms in total. The molecule has 0 radical (unpaired) electrons. The second kappa shape index (κ2) is 4.08. The third kappa shape index (κ3) is 2.31. The molecule has 1 N–H and O–H groups in total. The summed E-state index contributed by atoms with van der Waals surface area (Å²) in [5.74, 6) is 0.611. The largest absolute Gasteiger partial charge is 0.395 e. The lowest BCUT2D eigenvalue weighted by atomic mass is 9.78. The summed E-state index contributed by atoms with van der Waals surface area (Å²) in [5.41, 5.74) is 0.179. The van der Waals surface area contributed by atoms with Crippen LogP contribution in [-0.2, 0) is 0 Å². The Balaban J connectivity index is 2.62. The van der Waals surface area contributed by atoms with Gasteiger partial charge in [-0.1, -0.05) is 29.3 Å². The van der Waals surface area contributed by atoms with Gasteiger partial charge in [0.1, 0.15) is 0 Å². The van der Waals surface area contributed by atoms with Crippen LogP contribution in [0.3, 0.4) is 0 Å². The first-order chi connectivity index (χ1) is 6.01. The van der Waals surface area contributed by atoms with Crippen LogP contribution in [0.15, 0.2) is 12.7 Å². The van der Waals surface area contributed by atoms with E-state index in [2.05, 4.69) is 34.5 Å². The Labute approximate surface area is 83.3 Å². The summed E-state index contributed by atoms with van der Waals surface area (Å²) in [4.78, 5) is 0. The van der Waals surface area contributed by atoms with Gasteiger partial charge in [0.15, 0.2) is 0 Å². The number of allylic oxidation sites excluding steroid dienone is 1. The van der Waals surface area contributed by atoms with Crippen molar-refractivity contribution in [1.29, 1.82) is 0 Å². The molecule has 0 aliphatic carbocycles. The lowest BCUT2D eigenvalue weighted by molar-refractivity contribution is 0.218. The van der Waals surface area contributed by atoms with Gasteiger partial charge in [0, 0.05) is 12.6 Å². The summed E-state index contributed by atoms with van der Waals surface area (Å²) in [5, 5.41) is 9.11. The molecule has 1 heterocycles. The maximum absolute atomic E-state index is 9.11. The third-order valence-electron chi connectivity index (χ3n) is 3.25.